The van der Waals surface area contributed by atoms with Crippen molar-refractivity contribution in [1.82, 2.24) is 10.2 Å². The molecule has 0 radical (unpaired) electrons. The number of nitrogens with one attached hydrogen (secondary N) is 1. The van der Waals surface area contributed by atoms with Gasteiger partial charge in [0.1, 0.15) is 6.04 Å². The lowest BCUT2D eigenvalue weighted by molar-refractivity contribution is -0.142. The summed E-state index contributed by atoms with van der Waals surface area (Å²) in [6, 6.07) is 14.4. The van der Waals surface area contributed by atoms with E-state index in [0.29, 0.717) is 24.6 Å². The summed E-state index contributed by atoms with van der Waals surface area (Å²) in [5, 5.41) is 2.78. The van der Waals surface area contributed by atoms with Gasteiger partial charge in [-0.2, -0.15) is 0 Å². The molecule has 1 atom stereocenters. The Bertz CT molecular complexity index is 807. The topological polar surface area (TPSA) is 67.9 Å². The van der Waals surface area contributed by atoms with Gasteiger partial charge in [-0.3, -0.25) is 9.59 Å². The molecule has 2 aromatic rings. The molecule has 0 saturated heterocycles. The van der Waals surface area contributed by atoms with Gasteiger partial charge in [0, 0.05) is 13.1 Å². The predicted molar refractivity (Wildman–Crippen MR) is 108 cm³/mol. The number of methoxy groups -OCH3 is 1. The molecule has 28 heavy (non-hydrogen) atoms. The highest BCUT2D eigenvalue weighted by Crippen LogP contribution is 2.25. The highest BCUT2D eigenvalue weighted by molar-refractivity contribution is 5.87. The van der Waals surface area contributed by atoms with E-state index >= 15 is 0 Å². The van der Waals surface area contributed by atoms with Gasteiger partial charge in [-0.25, -0.2) is 0 Å². The first kappa shape index (κ1) is 21.3. The summed E-state index contributed by atoms with van der Waals surface area (Å²) in [4.78, 5) is 26.8. The van der Waals surface area contributed by atoms with Crippen LogP contribution >= 0.6 is 0 Å². The zero-order valence-electron chi connectivity index (χ0n) is 16.9. The van der Waals surface area contributed by atoms with E-state index in [1.165, 1.54) is 4.90 Å². The van der Waals surface area contributed by atoms with Gasteiger partial charge >= 0.3 is 0 Å². The van der Waals surface area contributed by atoms with Crippen LogP contribution in [0.25, 0.3) is 0 Å². The molecule has 0 fully saturated rings. The van der Waals surface area contributed by atoms with E-state index in [2.05, 4.69) is 5.32 Å². The standard InChI is InChI=1S/C22H28N2O4/c1-5-23-22(26)17(3)24(14-18-10-8-9-16(2)13-18)21(25)15-28-20-12-7-6-11-19(20)27-4/h6-13,17H,5,14-15H2,1-4H3,(H,23,26)/t17-/m0/s1. The van der Waals surface area contributed by atoms with Gasteiger partial charge in [-0.15, -0.1) is 0 Å². The third-order valence-corrected chi connectivity index (χ3v) is 4.37. The van der Waals surface area contributed by atoms with Crippen molar-refractivity contribution in [3.63, 3.8) is 0 Å². The van der Waals surface area contributed by atoms with Crippen LogP contribution in [0.2, 0.25) is 0 Å². The molecular formula is C22H28N2O4. The monoisotopic (exact) mass is 384 g/mol. The summed E-state index contributed by atoms with van der Waals surface area (Å²) in [7, 11) is 1.55. The molecule has 0 bridgehead atoms. The second-order valence-corrected chi connectivity index (χ2v) is 6.52. The minimum atomic E-state index is -0.616. The van der Waals surface area contributed by atoms with Crippen molar-refractivity contribution in [3.05, 3.63) is 59.7 Å². The maximum absolute atomic E-state index is 12.9. The lowest BCUT2D eigenvalue weighted by atomic mass is 10.1. The number of hydrogen-bond donors (Lipinski definition) is 1. The number of rotatable bonds is 9. The van der Waals surface area contributed by atoms with Gasteiger partial charge in [-0.1, -0.05) is 42.0 Å². The van der Waals surface area contributed by atoms with E-state index < -0.39 is 6.04 Å². The molecule has 2 aromatic carbocycles. The Morgan fingerprint density at radius 3 is 2.46 bits per heavy atom. The number of para-hydroxylation sites is 2. The molecule has 0 saturated carbocycles. The molecular weight excluding hydrogens is 356 g/mol. The van der Waals surface area contributed by atoms with Crippen LogP contribution in [0.15, 0.2) is 48.5 Å². The predicted octanol–water partition coefficient (Wildman–Crippen LogP) is 2.94. The number of carbonyl (C=O) groups is 2. The average Bonchev–Trinajstić information content (AvgIpc) is 2.70. The fourth-order valence-corrected chi connectivity index (χ4v) is 2.87. The van der Waals surface area contributed by atoms with Crippen LogP contribution in [0.5, 0.6) is 11.5 Å². The summed E-state index contributed by atoms with van der Waals surface area (Å²) in [5.74, 6) is 0.573. The van der Waals surface area contributed by atoms with E-state index in [1.807, 2.05) is 50.2 Å². The molecule has 0 aliphatic carbocycles. The van der Waals surface area contributed by atoms with E-state index in [1.54, 1.807) is 26.2 Å². The number of aryl methyl sites for hydroxylation is 1. The van der Waals surface area contributed by atoms with Crippen LogP contribution in [0.3, 0.4) is 0 Å². The van der Waals surface area contributed by atoms with Crippen molar-refractivity contribution < 1.29 is 19.1 Å². The zero-order chi connectivity index (χ0) is 20.5. The number of nitrogens with zero attached hydrogens (tertiary/aromatic N) is 1. The van der Waals surface area contributed by atoms with Gasteiger partial charge in [0.15, 0.2) is 18.1 Å². The minimum Gasteiger partial charge on any atom is -0.493 e. The maximum Gasteiger partial charge on any atom is 0.261 e. The molecule has 150 valence electrons. The number of likely N-dealkylation sites (N-methyl/N-ethyl adjacent to an activating group) is 1. The molecule has 6 nitrogen and oxygen atoms in total. The lowest BCUT2D eigenvalue weighted by Crippen LogP contribution is -2.49. The highest BCUT2D eigenvalue weighted by Gasteiger charge is 2.26. The Kier molecular flexibility index (Phi) is 7.87. The Balaban J connectivity index is 2.16. The van der Waals surface area contributed by atoms with Crippen LogP contribution < -0.4 is 14.8 Å². The molecule has 0 unspecified atom stereocenters. The highest BCUT2D eigenvalue weighted by atomic mass is 16.5. The number of amides is 2. The van der Waals surface area contributed by atoms with E-state index in [0.717, 1.165) is 11.1 Å². The van der Waals surface area contributed by atoms with E-state index in [-0.39, 0.29) is 18.4 Å². The number of hydrogen-bond acceptors (Lipinski definition) is 4. The summed E-state index contributed by atoms with van der Waals surface area (Å²) in [5.41, 5.74) is 2.06. The minimum absolute atomic E-state index is 0.185. The van der Waals surface area contributed by atoms with Crippen LogP contribution in [0, 0.1) is 6.92 Å². The molecule has 2 rings (SSSR count). The van der Waals surface area contributed by atoms with Gasteiger partial charge in [-0.05, 0) is 38.5 Å². The molecule has 2 amide bonds. The van der Waals surface area contributed by atoms with E-state index in [4.69, 9.17) is 9.47 Å². The average molecular weight is 384 g/mol. The normalized spacial score (nSPS) is 11.4. The first-order valence-corrected chi connectivity index (χ1v) is 9.34. The van der Waals surface area contributed by atoms with Crippen molar-refractivity contribution >= 4 is 11.8 Å². The van der Waals surface area contributed by atoms with Gasteiger partial charge in [0.25, 0.3) is 5.91 Å². The van der Waals surface area contributed by atoms with Crippen molar-refractivity contribution in [2.45, 2.75) is 33.4 Å². The van der Waals surface area contributed by atoms with Crippen molar-refractivity contribution in [2.75, 3.05) is 20.3 Å². The summed E-state index contributed by atoms with van der Waals surface area (Å²) in [6.45, 7) is 6.22. The molecule has 0 heterocycles. The summed E-state index contributed by atoms with van der Waals surface area (Å²) < 4.78 is 10.9. The SMILES string of the molecule is CCNC(=O)[C@H](C)N(Cc1cccc(C)c1)C(=O)COc1ccccc1OC. The smallest absolute Gasteiger partial charge is 0.261 e. The molecule has 0 aliphatic rings. The third kappa shape index (κ3) is 5.74. The largest absolute Gasteiger partial charge is 0.493 e. The summed E-state index contributed by atoms with van der Waals surface area (Å²) in [6.07, 6.45) is 0. The molecule has 1 N–H and O–H groups in total. The quantitative estimate of drug-likeness (QED) is 0.722. The summed E-state index contributed by atoms with van der Waals surface area (Å²) >= 11 is 0. The lowest BCUT2D eigenvalue weighted by Gasteiger charge is -2.28. The number of ether oxygens (including phenoxy) is 2. The van der Waals surface area contributed by atoms with Crippen molar-refractivity contribution in [3.8, 4) is 11.5 Å². The molecule has 6 heteroatoms. The fourth-order valence-electron chi connectivity index (χ4n) is 2.87. The van der Waals surface area contributed by atoms with Gasteiger partial charge in [0.2, 0.25) is 5.91 Å². The van der Waals surface area contributed by atoms with Crippen LogP contribution in [-0.2, 0) is 16.1 Å². The molecule has 0 spiro atoms. The van der Waals surface area contributed by atoms with E-state index in [9.17, 15) is 9.59 Å². The maximum atomic E-state index is 12.9. The van der Waals surface area contributed by atoms with Crippen molar-refractivity contribution in [1.29, 1.82) is 0 Å². The third-order valence-electron chi connectivity index (χ3n) is 4.37. The Morgan fingerprint density at radius 2 is 1.82 bits per heavy atom. The number of carbonyl (C=O) groups excluding carboxylic acids is 2. The Morgan fingerprint density at radius 1 is 1.11 bits per heavy atom. The van der Waals surface area contributed by atoms with Crippen LogP contribution in [-0.4, -0.2) is 43.0 Å². The zero-order valence-corrected chi connectivity index (χ0v) is 16.9. The van der Waals surface area contributed by atoms with Crippen molar-refractivity contribution in [2.24, 2.45) is 0 Å². The van der Waals surface area contributed by atoms with Gasteiger partial charge in [0.05, 0.1) is 7.11 Å². The molecule has 0 aromatic heterocycles. The van der Waals surface area contributed by atoms with Crippen LogP contribution in [0.1, 0.15) is 25.0 Å². The van der Waals surface area contributed by atoms with Gasteiger partial charge < -0.3 is 19.7 Å². The number of benzene rings is 2. The second kappa shape index (κ2) is 10.3. The Labute approximate surface area is 166 Å². The fraction of sp³-hybridized carbons (Fsp3) is 0.364. The first-order valence-electron chi connectivity index (χ1n) is 9.34. The first-order chi connectivity index (χ1) is 13.5. The Hall–Kier alpha value is -3.02. The second-order valence-electron chi connectivity index (χ2n) is 6.52. The molecule has 0 aliphatic heterocycles. The van der Waals surface area contributed by atoms with Crippen LogP contribution in [0.4, 0.5) is 0 Å².